The Morgan fingerprint density at radius 3 is 2.56 bits per heavy atom. The molecule has 1 fully saturated rings. The highest BCUT2D eigenvalue weighted by molar-refractivity contribution is 6.30. The minimum atomic E-state index is -1.00. The van der Waals surface area contributed by atoms with E-state index in [1.54, 1.807) is 11.0 Å². The van der Waals surface area contributed by atoms with E-state index in [2.05, 4.69) is 23.9 Å². The van der Waals surface area contributed by atoms with Crippen molar-refractivity contribution in [3.05, 3.63) is 71.8 Å². The van der Waals surface area contributed by atoms with Gasteiger partial charge in [0, 0.05) is 10.6 Å². The van der Waals surface area contributed by atoms with Gasteiger partial charge in [0.1, 0.15) is 31.9 Å². The lowest BCUT2D eigenvalue weighted by atomic mass is 10.1. The molecule has 0 radical (unpaired) electrons. The second-order valence-electron chi connectivity index (χ2n) is 8.19. The predicted octanol–water partition coefficient (Wildman–Crippen LogP) is 4.70. The Bertz CT molecular complexity index is 981. The van der Waals surface area contributed by atoms with Crippen molar-refractivity contribution in [2.75, 3.05) is 19.8 Å². The Hall–Kier alpha value is -2.61. The average Bonchev–Trinajstić information content (AvgIpc) is 3.44. The molecule has 4 rings (SSSR count). The van der Waals surface area contributed by atoms with Gasteiger partial charge in [-0.2, -0.15) is 5.10 Å². The lowest BCUT2D eigenvalue weighted by Crippen LogP contribution is -2.34. The highest BCUT2D eigenvalue weighted by atomic mass is 35.5. The van der Waals surface area contributed by atoms with Crippen molar-refractivity contribution in [1.29, 1.82) is 0 Å². The number of hydrogen-bond acceptors (Lipinski definition) is 6. The van der Waals surface area contributed by atoms with Crippen molar-refractivity contribution in [2.45, 2.75) is 38.7 Å². The van der Waals surface area contributed by atoms with Crippen molar-refractivity contribution in [3.8, 4) is 11.5 Å². The molecule has 1 aliphatic heterocycles. The zero-order valence-electron chi connectivity index (χ0n) is 18.3. The number of ether oxygens (including phenoxy) is 4. The van der Waals surface area contributed by atoms with E-state index >= 15 is 0 Å². The Morgan fingerprint density at radius 1 is 1.12 bits per heavy atom. The van der Waals surface area contributed by atoms with Gasteiger partial charge in [-0.25, -0.2) is 9.67 Å². The zero-order valence-corrected chi connectivity index (χ0v) is 19.1. The molecule has 2 aromatic carbocycles. The van der Waals surface area contributed by atoms with Crippen LogP contribution in [-0.4, -0.2) is 40.7 Å². The number of nitrogens with zero attached hydrogens (tertiary/aromatic N) is 3. The molecule has 3 aromatic rings. The molecule has 0 amide bonds. The van der Waals surface area contributed by atoms with Gasteiger partial charge in [0.15, 0.2) is 11.5 Å². The van der Waals surface area contributed by atoms with Gasteiger partial charge in [0.2, 0.25) is 5.79 Å². The molecule has 0 N–H and O–H groups in total. The monoisotopic (exact) mass is 457 g/mol. The fourth-order valence-corrected chi connectivity index (χ4v) is 3.61. The van der Waals surface area contributed by atoms with Gasteiger partial charge in [-0.15, -0.1) is 0 Å². The van der Waals surface area contributed by atoms with E-state index < -0.39 is 5.79 Å². The summed E-state index contributed by atoms with van der Waals surface area (Å²) in [6.45, 7) is 6.08. The fraction of sp³-hybridized carbons (Fsp3) is 0.417. The first kappa shape index (κ1) is 22.6. The third-order valence-electron chi connectivity index (χ3n) is 5.21. The van der Waals surface area contributed by atoms with Crippen LogP contribution in [0.25, 0.3) is 0 Å². The van der Waals surface area contributed by atoms with Crippen LogP contribution in [0.1, 0.15) is 25.8 Å². The van der Waals surface area contributed by atoms with E-state index in [0.29, 0.717) is 43.1 Å². The number of para-hydroxylation sites is 2. The Balaban J connectivity index is 1.43. The lowest BCUT2D eigenvalue weighted by Gasteiger charge is -2.28. The molecule has 170 valence electrons. The summed E-state index contributed by atoms with van der Waals surface area (Å²) in [5.74, 6) is 1.01. The summed E-state index contributed by atoms with van der Waals surface area (Å²) in [5.41, 5.74) is 0.859. The molecule has 2 heterocycles. The summed E-state index contributed by atoms with van der Waals surface area (Å²) in [6, 6.07) is 15.1. The molecule has 2 atom stereocenters. The van der Waals surface area contributed by atoms with E-state index in [-0.39, 0.29) is 6.10 Å². The quantitative estimate of drug-likeness (QED) is 0.439. The molecular weight excluding hydrogens is 430 g/mol. The largest absolute Gasteiger partial charge is 0.490 e. The normalized spacial score (nSPS) is 20.6. The van der Waals surface area contributed by atoms with Crippen LogP contribution >= 0.6 is 11.6 Å². The minimum absolute atomic E-state index is 0.266. The second-order valence-corrected chi connectivity index (χ2v) is 8.63. The standard InChI is InChI=1S/C24H28ClN3O4/c1-18(2)11-12-29-22-5-3-4-6-23(22)30-13-21-14-31-24(32-21,15-28-17-26-16-27-28)19-7-9-20(25)10-8-19/h3-10,16-18,21H,11-15H2,1-2H3. The maximum atomic E-state index is 6.40. The summed E-state index contributed by atoms with van der Waals surface area (Å²) >= 11 is 6.08. The first-order valence-electron chi connectivity index (χ1n) is 10.8. The third kappa shape index (κ3) is 5.59. The van der Waals surface area contributed by atoms with E-state index in [4.69, 9.17) is 30.5 Å². The minimum Gasteiger partial charge on any atom is -0.490 e. The number of benzene rings is 2. The van der Waals surface area contributed by atoms with Crippen molar-refractivity contribution in [2.24, 2.45) is 5.92 Å². The molecule has 0 saturated carbocycles. The summed E-state index contributed by atoms with van der Waals surface area (Å²) in [6.07, 6.45) is 3.85. The van der Waals surface area contributed by atoms with Gasteiger partial charge in [0.05, 0.1) is 13.2 Å². The maximum absolute atomic E-state index is 6.40. The fourth-order valence-electron chi connectivity index (χ4n) is 3.48. The maximum Gasteiger partial charge on any atom is 0.215 e. The van der Waals surface area contributed by atoms with Gasteiger partial charge < -0.3 is 18.9 Å². The van der Waals surface area contributed by atoms with Gasteiger partial charge in [-0.05, 0) is 36.6 Å². The average molecular weight is 458 g/mol. The van der Waals surface area contributed by atoms with Gasteiger partial charge in [0.25, 0.3) is 0 Å². The number of rotatable bonds is 10. The van der Waals surface area contributed by atoms with Crippen LogP contribution in [0.4, 0.5) is 0 Å². The van der Waals surface area contributed by atoms with Gasteiger partial charge in [-0.1, -0.05) is 49.7 Å². The van der Waals surface area contributed by atoms with Crippen LogP contribution in [0.3, 0.4) is 0 Å². The molecule has 1 saturated heterocycles. The van der Waals surface area contributed by atoms with E-state index in [1.165, 1.54) is 6.33 Å². The SMILES string of the molecule is CC(C)CCOc1ccccc1OCC1COC(Cn2cncn2)(c2ccc(Cl)cc2)O1. The molecule has 8 heteroatoms. The smallest absolute Gasteiger partial charge is 0.215 e. The van der Waals surface area contributed by atoms with Crippen LogP contribution in [0.5, 0.6) is 11.5 Å². The molecule has 2 unspecified atom stereocenters. The van der Waals surface area contributed by atoms with E-state index in [9.17, 15) is 0 Å². The lowest BCUT2D eigenvalue weighted by molar-refractivity contribution is -0.190. The summed E-state index contributed by atoms with van der Waals surface area (Å²) < 4.78 is 26.3. The number of halogens is 1. The van der Waals surface area contributed by atoms with Crippen LogP contribution in [0, 0.1) is 5.92 Å². The summed E-state index contributed by atoms with van der Waals surface area (Å²) in [5, 5.41) is 4.86. The van der Waals surface area contributed by atoms with Crippen LogP contribution in [0.15, 0.2) is 61.2 Å². The molecule has 0 bridgehead atoms. The molecule has 1 aliphatic rings. The molecular formula is C24H28ClN3O4. The first-order chi connectivity index (χ1) is 15.5. The van der Waals surface area contributed by atoms with Crippen LogP contribution in [-0.2, 0) is 21.8 Å². The zero-order chi connectivity index (χ0) is 22.4. The van der Waals surface area contributed by atoms with Crippen molar-refractivity contribution < 1.29 is 18.9 Å². The van der Waals surface area contributed by atoms with E-state index in [0.717, 1.165) is 17.7 Å². The van der Waals surface area contributed by atoms with Gasteiger partial charge in [-0.3, -0.25) is 0 Å². The van der Waals surface area contributed by atoms with Crippen LogP contribution in [0.2, 0.25) is 5.02 Å². The van der Waals surface area contributed by atoms with Crippen molar-refractivity contribution in [1.82, 2.24) is 14.8 Å². The summed E-state index contributed by atoms with van der Waals surface area (Å²) in [4.78, 5) is 4.02. The summed E-state index contributed by atoms with van der Waals surface area (Å²) in [7, 11) is 0. The van der Waals surface area contributed by atoms with Gasteiger partial charge >= 0.3 is 0 Å². The highest BCUT2D eigenvalue weighted by Crippen LogP contribution is 2.37. The van der Waals surface area contributed by atoms with Crippen molar-refractivity contribution in [3.63, 3.8) is 0 Å². The molecule has 0 spiro atoms. The Labute approximate surface area is 193 Å². The molecule has 1 aromatic heterocycles. The van der Waals surface area contributed by atoms with Crippen LogP contribution < -0.4 is 9.47 Å². The third-order valence-corrected chi connectivity index (χ3v) is 5.46. The Kier molecular flexibility index (Phi) is 7.29. The molecule has 32 heavy (non-hydrogen) atoms. The Morgan fingerprint density at radius 2 is 1.88 bits per heavy atom. The second kappa shape index (κ2) is 10.3. The topological polar surface area (TPSA) is 67.6 Å². The van der Waals surface area contributed by atoms with E-state index in [1.807, 2.05) is 48.5 Å². The number of aromatic nitrogens is 3. The first-order valence-corrected chi connectivity index (χ1v) is 11.2. The highest BCUT2D eigenvalue weighted by Gasteiger charge is 2.44. The van der Waals surface area contributed by atoms with Crippen molar-refractivity contribution >= 4 is 11.6 Å². The molecule has 0 aliphatic carbocycles. The predicted molar refractivity (Wildman–Crippen MR) is 121 cm³/mol. The number of hydrogen-bond donors (Lipinski definition) is 0. The molecule has 7 nitrogen and oxygen atoms in total.